The fraction of sp³-hybridized carbons (Fsp3) is 0.550. The number of rotatable bonds is 3. The molecule has 0 spiro atoms. The monoisotopic (exact) mass is 387 g/mol. The van der Waals surface area contributed by atoms with Crippen LogP contribution in [-0.2, 0) is 23.7 Å². The van der Waals surface area contributed by atoms with Gasteiger partial charge in [-0.15, -0.1) is 0 Å². The van der Waals surface area contributed by atoms with Crippen LogP contribution in [0.25, 0.3) is 0 Å². The molecule has 4 rings (SSSR count). The highest BCUT2D eigenvalue weighted by Gasteiger charge is 2.76. The molecular weight excluding hydrogens is 366 g/mol. The maximum Gasteiger partial charge on any atom is 0.234 e. The molecule has 0 bridgehead atoms. The van der Waals surface area contributed by atoms with Gasteiger partial charge in [0.1, 0.15) is 17.8 Å². The van der Waals surface area contributed by atoms with Gasteiger partial charge in [-0.05, 0) is 52.0 Å². The van der Waals surface area contributed by atoms with Crippen molar-refractivity contribution in [3.05, 3.63) is 35.4 Å². The fourth-order valence-electron chi connectivity index (χ4n) is 4.03. The summed E-state index contributed by atoms with van der Waals surface area (Å²) >= 11 is 0. The van der Waals surface area contributed by atoms with Crippen molar-refractivity contribution in [2.24, 2.45) is 0 Å². The summed E-state index contributed by atoms with van der Waals surface area (Å²) in [5.41, 5.74) is -1.96. The van der Waals surface area contributed by atoms with E-state index < -0.39 is 53.2 Å². The lowest BCUT2D eigenvalue weighted by Crippen LogP contribution is -2.83. The maximum absolute atomic E-state index is 12.9. The number of hydrogen-bond acceptors (Lipinski definition) is 8. The van der Waals surface area contributed by atoms with E-state index in [0.717, 1.165) is 0 Å². The molecule has 3 aliphatic heterocycles. The zero-order valence-electron chi connectivity index (χ0n) is 16.0. The lowest BCUT2D eigenvalue weighted by molar-refractivity contribution is -0.458. The van der Waals surface area contributed by atoms with Crippen LogP contribution in [0.15, 0.2) is 24.3 Å². The zero-order valence-corrected chi connectivity index (χ0v) is 16.0. The van der Waals surface area contributed by atoms with Gasteiger partial charge in [-0.25, -0.2) is 0 Å². The molecule has 0 radical (unpaired) electrons. The van der Waals surface area contributed by atoms with Gasteiger partial charge >= 0.3 is 0 Å². The summed E-state index contributed by atoms with van der Waals surface area (Å²) in [5, 5.41) is 20.1. The van der Waals surface area contributed by atoms with Gasteiger partial charge in [0, 0.05) is 5.56 Å². The first-order valence-corrected chi connectivity index (χ1v) is 9.00. The highest BCUT2D eigenvalue weighted by atomic mass is 16.8. The van der Waals surface area contributed by atoms with E-state index in [-0.39, 0.29) is 5.56 Å². The molecular formula is C20H21NO7. The molecule has 28 heavy (non-hydrogen) atoms. The molecule has 8 nitrogen and oxygen atoms in total. The Kier molecular flexibility index (Phi) is 4.06. The quantitative estimate of drug-likeness (QED) is 0.605. The lowest BCUT2D eigenvalue weighted by atomic mass is 9.70. The normalized spacial score (nSPS) is 37.1. The van der Waals surface area contributed by atoms with Crippen molar-refractivity contribution >= 4 is 11.6 Å². The van der Waals surface area contributed by atoms with Gasteiger partial charge in [-0.3, -0.25) is 9.59 Å². The second kappa shape index (κ2) is 5.92. The van der Waals surface area contributed by atoms with Crippen molar-refractivity contribution in [2.75, 3.05) is 0 Å². The average molecular weight is 387 g/mol. The van der Waals surface area contributed by atoms with Gasteiger partial charge in [0.15, 0.2) is 23.8 Å². The number of aliphatic hydroxyl groups is 1. The third kappa shape index (κ3) is 2.55. The minimum absolute atomic E-state index is 0.137. The zero-order chi connectivity index (χ0) is 20.5. The van der Waals surface area contributed by atoms with E-state index in [9.17, 15) is 14.7 Å². The largest absolute Gasteiger partial charge is 0.379 e. The summed E-state index contributed by atoms with van der Waals surface area (Å²) in [6.07, 6.45) is -4.25. The molecule has 148 valence electrons. The Labute approximate surface area is 161 Å². The van der Waals surface area contributed by atoms with Crippen molar-refractivity contribution in [2.45, 2.75) is 69.3 Å². The van der Waals surface area contributed by atoms with Crippen LogP contribution in [0.2, 0.25) is 0 Å². The number of ketones is 2. The first-order chi connectivity index (χ1) is 13.0. The standard InChI is InChI=1S/C20H21NO7/c1-18(2)20(24)16-15(26-19(3,4)27-16)14(25-17(20)28-18)13(23)12(22)11-7-5-10(9-21)6-8-11/h5-8,14-17,24H,1-4H3/t14-,15+,16+,17-,20-/m1/s1. The Morgan fingerprint density at radius 2 is 1.71 bits per heavy atom. The molecule has 1 aromatic carbocycles. The van der Waals surface area contributed by atoms with Crippen molar-refractivity contribution in [3.63, 3.8) is 0 Å². The summed E-state index contributed by atoms with van der Waals surface area (Å²) in [4.78, 5) is 25.6. The van der Waals surface area contributed by atoms with Crippen LogP contribution in [0.1, 0.15) is 43.6 Å². The van der Waals surface area contributed by atoms with Crippen LogP contribution < -0.4 is 0 Å². The van der Waals surface area contributed by atoms with Gasteiger partial charge in [0.05, 0.1) is 11.6 Å². The van der Waals surface area contributed by atoms with Crippen LogP contribution in [0.4, 0.5) is 0 Å². The topological polar surface area (TPSA) is 115 Å². The van der Waals surface area contributed by atoms with Crippen molar-refractivity contribution in [3.8, 4) is 6.07 Å². The number of carbonyl (C=O) groups excluding carboxylic acids is 2. The fourth-order valence-corrected chi connectivity index (χ4v) is 4.03. The Bertz CT molecular complexity index is 885. The molecule has 0 unspecified atom stereocenters. The second-order valence-electron chi connectivity index (χ2n) is 8.25. The number of nitriles is 1. The smallest absolute Gasteiger partial charge is 0.234 e. The van der Waals surface area contributed by atoms with Crippen molar-refractivity contribution in [1.82, 2.24) is 0 Å². The SMILES string of the molecule is CC1(C)O[C@H]2[C@@H](C(=O)C(=O)c3ccc(C#N)cc3)O[C@@H]3OC(C)(C)[C@@]3(O)[C@H]2O1. The molecule has 0 aromatic heterocycles. The van der Waals surface area contributed by atoms with Crippen molar-refractivity contribution in [1.29, 1.82) is 5.26 Å². The minimum atomic E-state index is -1.51. The molecule has 3 heterocycles. The molecule has 0 amide bonds. The third-order valence-corrected chi connectivity index (χ3v) is 5.62. The number of benzene rings is 1. The number of hydrogen-bond donors (Lipinski definition) is 1. The third-order valence-electron chi connectivity index (χ3n) is 5.62. The summed E-state index contributed by atoms with van der Waals surface area (Å²) in [7, 11) is 0. The Hall–Kier alpha value is -2.15. The van der Waals surface area contributed by atoms with Crippen LogP contribution >= 0.6 is 0 Å². The van der Waals surface area contributed by atoms with Gasteiger partial charge < -0.3 is 24.1 Å². The number of ether oxygens (including phenoxy) is 4. The van der Waals surface area contributed by atoms with E-state index in [1.807, 2.05) is 6.07 Å². The van der Waals surface area contributed by atoms with Gasteiger partial charge in [0.2, 0.25) is 11.6 Å². The predicted molar refractivity (Wildman–Crippen MR) is 93.1 cm³/mol. The maximum atomic E-state index is 12.9. The lowest BCUT2D eigenvalue weighted by Gasteiger charge is -2.62. The molecule has 3 fully saturated rings. The molecule has 3 saturated heterocycles. The highest BCUT2D eigenvalue weighted by Crippen LogP contribution is 2.54. The summed E-state index contributed by atoms with van der Waals surface area (Å²) in [5.74, 6) is -2.66. The van der Waals surface area contributed by atoms with E-state index >= 15 is 0 Å². The molecule has 3 aliphatic rings. The Morgan fingerprint density at radius 1 is 1.07 bits per heavy atom. The van der Waals surface area contributed by atoms with Crippen LogP contribution in [-0.4, -0.2) is 58.3 Å². The van der Waals surface area contributed by atoms with Gasteiger partial charge in [0.25, 0.3) is 0 Å². The van der Waals surface area contributed by atoms with E-state index in [4.69, 9.17) is 24.2 Å². The van der Waals surface area contributed by atoms with Gasteiger partial charge in [-0.1, -0.05) is 0 Å². The second-order valence-corrected chi connectivity index (χ2v) is 8.25. The van der Waals surface area contributed by atoms with Crippen LogP contribution in [0.5, 0.6) is 0 Å². The Balaban J connectivity index is 1.64. The number of fused-ring (bicyclic) bond motifs is 3. The molecule has 0 aliphatic carbocycles. The van der Waals surface area contributed by atoms with Crippen molar-refractivity contribution < 1.29 is 33.6 Å². The number of nitrogens with zero attached hydrogens (tertiary/aromatic N) is 1. The van der Waals surface area contributed by atoms with E-state index in [2.05, 4.69) is 0 Å². The number of Topliss-reactive ketones (excluding diaryl/α,β-unsaturated/α-hetero) is 2. The molecule has 1 N–H and O–H groups in total. The van der Waals surface area contributed by atoms with E-state index in [1.165, 1.54) is 24.3 Å². The molecule has 1 aromatic rings. The summed E-state index contributed by atoms with van der Waals surface area (Å²) < 4.78 is 23.0. The molecule has 8 heteroatoms. The van der Waals surface area contributed by atoms with Crippen LogP contribution in [0, 0.1) is 11.3 Å². The van der Waals surface area contributed by atoms with E-state index in [1.54, 1.807) is 27.7 Å². The van der Waals surface area contributed by atoms with E-state index in [0.29, 0.717) is 5.56 Å². The average Bonchev–Trinajstić information content (AvgIpc) is 2.98. The predicted octanol–water partition coefficient (Wildman–Crippen LogP) is 1.09. The van der Waals surface area contributed by atoms with Gasteiger partial charge in [-0.2, -0.15) is 5.26 Å². The first-order valence-electron chi connectivity index (χ1n) is 9.00. The minimum Gasteiger partial charge on any atom is -0.379 e. The summed E-state index contributed by atoms with van der Waals surface area (Å²) in [6.45, 7) is 6.73. The Morgan fingerprint density at radius 3 is 2.29 bits per heavy atom. The van der Waals surface area contributed by atoms with Crippen LogP contribution in [0.3, 0.4) is 0 Å². The summed E-state index contributed by atoms with van der Waals surface area (Å²) in [6, 6.07) is 7.69. The highest BCUT2D eigenvalue weighted by molar-refractivity contribution is 6.45. The molecule has 5 atom stereocenters. The molecule has 0 saturated carbocycles. The number of carbonyl (C=O) groups is 2. The first kappa shape index (κ1) is 19.2.